The first-order valence-electron chi connectivity index (χ1n) is 6.21. The van der Waals surface area contributed by atoms with Crippen molar-refractivity contribution in [2.24, 2.45) is 0 Å². The number of benzene rings is 2. The average molecular weight is 351 g/mol. The fourth-order valence-electron chi connectivity index (χ4n) is 1.91. The molecule has 0 unspecified atom stereocenters. The minimum atomic E-state index is -4.45. The van der Waals surface area contributed by atoms with Crippen LogP contribution < -0.4 is 0 Å². The number of halogens is 5. The molecule has 0 spiro atoms. The van der Waals surface area contributed by atoms with E-state index >= 15 is 0 Å². The first kappa shape index (κ1) is 17.0. The van der Waals surface area contributed by atoms with Crippen LogP contribution in [-0.4, -0.2) is 4.21 Å². The molecular formula is C15H11ClF4OS. The van der Waals surface area contributed by atoms with Gasteiger partial charge >= 0.3 is 6.18 Å². The number of alkyl halides is 3. The summed E-state index contributed by atoms with van der Waals surface area (Å²) in [6.07, 6.45) is -4.45. The maximum atomic E-state index is 13.6. The van der Waals surface area contributed by atoms with E-state index in [4.69, 9.17) is 11.6 Å². The highest BCUT2D eigenvalue weighted by Gasteiger charge is 2.30. The quantitative estimate of drug-likeness (QED) is 0.713. The summed E-state index contributed by atoms with van der Waals surface area (Å²) in [7, 11) is -1.57. The summed E-state index contributed by atoms with van der Waals surface area (Å²) < 4.78 is 63.5. The first-order chi connectivity index (χ1) is 10.3. The van der Waals surface area contributed by atoms with Crippen LogP contribution in [0, 0.1) is 5.82 Å². The molecule has 0 aliphatic heterocycles. The van der Waals surface area contributed by atoms with Crippen LogP contribution in [0.25, 0.3) is 0 Å². The van der Waals surface area contributed by atoms with E-state index in [1.807, 2.05) is 0 Å². The van der Waals surface area contributed by atoms with Crippen LogP contribution in [0.5, 0.6) is 0 Å². The molecule has 0 radical (unpaired) electrons. The fraction of sp³-hybridized carbons (Fsp3) is 0.200. The van der Waals surface area contributed by atoms with Crippen molar-refractivity contribution in [3.05, 3.63) is 70.0 Å². The summed E-state index contributed by atoms with van der Waals surface area (Å²) in [5.41, 5.74) is -0.416. The van der Waals surface area contributed by atoms with E-state index in [0.717, 1.165) is 12.1 Å². The zero-order valence-corrected chi connectivity index (χ0v) is 12.7. The third-order valence-corrected chi connectivity index (χ3v) is 4.57. The average Bonchev–Trinajstić information content (AvgIpc) is 2.42. The minimum Gasteiger partial charge on any atom is -0.259 e. The molecule has 0 bridgehead atoms. The molecule has 1 atom stereocenters. The Morgan fingerprint density at radius 2 is 1.73 bits per heavy atom. The molecule has 0 saturated heterocycles. The summed E-state index contributed by atoms with van der Waals surface area (Å²) in [5.74, 6) is -0.832. The summed E-state index contributed by atoms with van der Waals surface area (Å²) >= 11 is 5.84. The Morgan fingerprint density at radius 1 is 1.05 bits per heavy atom. The molecule has 0 heterocycles. The van der Waals surface area contributed by atoms with Crippen LogP contribution in [0.15, 0.2) is 42.5 Å². The molecule has 0 saturated carbocycles. The number of rotatable bonds is 4. The molecule has 0 aromatic heterocycles. The van der Waals surface area contributed by atoms with Gasteiger partial charge in [0.15, 0.2) is 0 Å². The zero-order chi connectivity index (χ0) is 16.3. The van der Waals surface area contributed by atoms with Crippen molar-refractivity contribution in [2.75, 3.05) is 0 Å². The van der Waals surface area contributed by atoms with E-state index in [2.05, 4.69) is 0 Å². The first-order valence-corrected chi connectivity index (χ1v) is 8.08. The van der Waals surface area contributed by atoms with Crippen LogP contribution in [0.2, 0.25) is 5.02 Å². The van der Waals surface area contributed by atoms with Crippen molar-refractivity contribution >= 4 is 22.4 Å². The summed E-state index contributed by atoms with van der Waals surface area (Å²) in [6.45, 7) is 0. The third kappa shape index (κ3) is 4.30. The van der Waals surface area contributed by atoms with Crippen molar-refractivity contribution in [1.82, 2.24) is 0 Å². The standard InChI is InChI=1S/C15H11ClF4OS/c16-13-5-2-6-14(17)12(13)9-22(21)8-10-3-1-4-11(7-10)15(18,19)20/h1-7H,8-9H2/t22-/m1/s1. The predicted octanol–water partition coefficient (Wildman–Crippen LogP) is 4.95. The molecule has 0 N–H and O–H groups in total. The van der Waals surface area contributed by atoms with Gasteiger partial charge in [-0.2, -0.15) is 13.2 Å². The lowest BCUT2D eigenvalue weighted by atomic mass is 10.1. The van der Waals surface area contributed by atoms with Crippen molar-refractivity contribution in [2.45, 2.75) is 17.7 Å². The highest BCUT2D eigenvalue weighted by atomic mass is 35.5. The predicted molar refractivity (Wildman–Crippen MR) is 78.4 cm³/mol. The van der Waals surface area contributed by atoms with E-state index in [1.165, 1.54) is 30.3 Å². The lowest BCUT2D eigenvalue weighted by molar-refractivity contribution is -0.137. The lowest BCUT2D eigenvalue weighted by Crippen LogP contribution is -2.07. The summed E-state index contributed by atoms with van der Waals surface area (Å²) in [5, 5.41) is 0.150. The molecule has 2 aromatic carbocycles. The molecule has 1 nitrogen and oxygen atoms in total. The van der Waals surface area contributed by atoms with Crippen LogP contribution in [0.4, 0.5) is 17.6 Å². The second kappa shape index (κ2) is 6.79. The Balaban J connectivity index is 2.13. The molecule has 0 amide bonds. The van der Waals surface area contributed by atoms with Crippen molar-refractivity contribution in [3.8, 4) is 0 Å². The van der Waals surface area contributed by atoms with Gasteiger partial charge in [0, 0.05) is 27.1 Å². The molecular weight excluding hydrogens is 340 g/mol. The zero-order valence-electron chi connectivity index (χ0n) is 11.2. The molecule has 118 valence electrons. The Morgan fingerprint density at radius 3 is 2.36 bits per heavy atom. The molecule has 22 heavy (non-hydrogen) atoms. The molecule has 2 aromatic rings. The van der Waals surface area contributed by atoms with Gasteiger partial charge in [-0.1, -0.05) is 35.9 Å². The van der Waals surface area contributed by atoms with Gasteiger partial charge in [0.25, 0.3) is 0 Å². The van der Waals surface area contributed by atoms with E-state index < -0.39 is 28.4 Å². The smallest absolute Gasteiger partial charge is 0.259 e. The topological polar surface area (TPSA) is 17.1 Å². The van der Waals surface area contributed by atoms with Gasteiger partial charge in [-0.25, -0.2) is 4.39 Å². The van der Waals surface area contributed by atoms with Crippen LogP contribution in [0.3, 0.4) is 0 Å². The third-order valence-electron chi connectivity index (χ3n) is 2.95. The van der Waals surface area contributed by atoms with Gasteiger partial charge in [-0.3, -0.25) is 4.21 Å². The van der Waals surface area contributed by atoms with Gasteiger partial charge in [0.05, 0.1) is 11.3 Å². The second-order valence-electron chi connectivity index (χ2n) is 4.63. The van der Waals surface area contributed by atoms with Crippen LogP contribution in [-0.2, 0) is 28.5 Å². The van der Waals surface area contributed by atoms with Gasteiger partial charge in [0.1, 0.15) is 5.82 Å². The van der Waals surface area contributed by atoms with Gasteiger partial charge in [0.2, 0.25) is 0 Å². The molecule has 0 aliphatic rings. The lowest BCUT2D eigenvalue weighted by Gasteiger charge is -2.09. The van der Waals surface area contributed by atoms with Gasteiger partial charge in [-0.05, 0) is 23.8 Å². The van der Waals surface area contributed by atoms with Crippen molar-refractivity contribution in [1.29, 1.82) is 0 Å². The Kier molecular flexibility index (Phi) is 5.24. The monoisotopic (exact) mass is 350 g/mol. The fourth-order valence-corrected chi connectivity index (χ4v) is 3.48. The maximum Gasteiger partial charge on any atom is 0.416 e. The van der Waals surface area contributed by atoms with E-state index in [-0.39, 0.29) is 27.7 Å². The Hall–Kier alpha value is -1.40. The summed E-state index contributed by atoms with van der Waals surface area (Å²) in [4.78, 5) is 0. The molecule has 0 fully saturated rings. The highest BCUT2D eigenvalue weighted by Crippen LogP contribution is 2.30. The van der Waals surface area contributed by atoms with Crippen molar-refractivity contribution < 1.29 is 21.8 Å². The minimum absolute atomic E-state index is 0.103. The SMILES string of the molecule is O=[S@](Cc1cccc(C(F)(F)F)c1)Cc1c(F)cccc1Cl. The number of hydrogen-bond acceptors (Lipinski definition) is 1. The van der Waals surface area contributed by atoms with E-state index in [0.29, 0.717) is 0 Å². The largest absolute Gasteiger partial charge is 0.416 e. The summed E-state index contributed by atoms with van der Waals surface area (Å²) in [6, 6.07) is 8.70. The van der Waals surface area contributed by atoms with Crippen LogP contribution >= 0.6 is 11.6 Å². The van der Waals surface area contributed by atoms with Gasteiger partial charge in [-0.15, -0.1) is 0 Å². The number of hydrogen-bond donors (Lipinski definition) is 0. The highest BCUT2D eigenvalue weighted by molar-refractivity contribution is 7.83. The van der Waals surface area contributed by atoms with Gasteiger partial charge < -0.3 is 0 Å². The van der Waals surface area contributed by atoms with E-state index in [1.54, 1.807) is 0 Å². The molecule has 7 heteroatoms. The Labute approximate surface area is 132 Å². The van der Waals surface area contributed by atoms with Crippen LogP contribution in [0.1, 0.15) is 16.7 Å². The Bertz CT molecular complexity index is 680. The second-order valence-corrected chi connectivity index (χ2v) is 6.49. The maximum absolute atomic E-state index is 13.6. The van der Waals surface area contributed by atoms with Crippen molar-refractivity contribution in [3.63, 3.8) is 0 Å². The van der Waals surface area contributed by atoms with E-state index in [9.17, 15) is 21.8 Å². The molecule has 2 rings (SSSR count). The molecule has 0 aliphatic carbocycles. The normalized spacial score (nSPS) is 13.1.